The van der Waals surface area contributed by atoms with Crippen LogP contribution in [0.2, 0.25) is 0 Å². The van der Waals surface area contributed by atoms with Crippen molar-refractivity contribution in [2.75, 3.05) is 24.1 Å². The van der Waals surface area contributed by atoms with E-state index in [0.29, 0.717) is 23.4 Å². The second-order valence-electron chi connectivity index (χ2n) is 7.02. The zero-order valence-corrected chi connectivity index (χ0v) is 16.5. The predicted molar refractivity (Wildman–Crippen MR) is 99.1 cm³/mol. The van der Waals surface area contributed by atoms with Gasteiger partial charge in [0, 0.05) is 17.6 Å². The Labute approximate surface area is 149 Å². The molecule has 2 amide bonds. The van der Waals surface area contributed by atoms with Gasteiger partial charge in [-0.15, -0.1) is 0 Å². The van der Waals surface area contributed by atoms with Gasteiger partial charge >= 0.3 is 0 Å². The molecule has 0 heterocycles. The van der Waals surface area contributed by atoms with Crippen LogP contribution in [0.15, 0.2) is 18.2 Å². The second kappa shape index (κ2) is 7.86. The molecule has 1 rings (SSSR count). The molecule has 0 radical (unpaired) electrons. The molecular formula is C17H27N3O4S. The van der Waals surface area contributed by atoms with E-state index < -0.39 is 10.0 Å². The molecule has 0 saturated heterocycles. The van der Waals surface area contributed by atoms with Gasteiger partial charge in [-0.05, 0) is 52.3 Å². The molecule has 0 aliphatic rings. The predicted octanol–water partition coefficient (Wildman–Crippen LogP) is 1.74. The Morgan fingerprint density at radius 2 is 1.80 bits per heavy atom. The number of likely N-dealkylation sites (N-methyl/N-ethyl adjacent to an activating group) is 1. The molecule has 0 aliphatic carbocycles. The molecule has 0 aliphatic heterocycles. The van der Waals surface area contributed by atoms with Crippen LogP contribution in [0.1, 0.15) is 43.6 Å². The summed E-state index contributed by atoms with van der Waals surface area (Å²) in [6.45, 7) is 9.43. The van der Waals surface area contributed by atoms with Gasteiger partial charge in [-0.1, -0.05) is 6.07 Å². The Morgan fingerprint density at radius 1 is 1.20 bits per heavy atom. The van der Waals surface area contributed by atoms with Crippen LogP contribution in [0, 0.1) is 6.92 Å². The molecule has 0 spiro atoms. The van der Waals surface area contributed by atoms with Crippen LogP contribution in [0.3, 0.4) is 0 Å². The van der Waals surface area contributed by atoms with Gasteiger partial charge in [-0.25, -0.2) is 8.42 Å². The number of anilines is 1. The third kappa shape index (κ3) is 7.13. The van der Waals surface area contributed by atoms with Gasteiger partial charge in [0.1, 0.15) is 0 Å². The van der Waals surface area contributed by atoms with Crippen molar-refractivity contribution >= 4 is 27.5 Å². The minimum atomic E-state index is -3.45. The quantitative estimate of drug-likeness (QED) is 0.798. The molecule has 8 heteroatoms. The normalized spacial score (nSPS) is 11.8. The molecule has 2 N–H and O–H groups in total. The Hall–Kier alpha value is -2.09. The van der Waals surface area contributed by atoms with Crippen molar-refractivity contribution in [3.63, 3.8) is 0 Å². The van der Waals surface area contributed by atoms with Crippen molar-refractivity contribution in [2.24, 2.45) is 0 Å². The summed E-state index contributed by atoms with van der Waals surface area (Å²) in [6, 6.07) is 4.78. The molecule has 1 aromatic carbocycles. The van der Waals surface area contributed by atoms with E-state index in [2.05, 4.69) is 10.0 Å². The largest absolute Gasteiger partial charge is 0.350 e. The number of hydrogen-bond acceptors (Lipinski definition) is 4. The van der Waals surface area contributed by atoms with Crippen molar-refractivity contribution in [2.45, 2.75) is 40.2 Å². The maximum atomic E-state index is 12.7. The summed E-state index contributed by atoms with van der Waals surface area (Å²) in [5, 5.41) is 2.82. The SMILES string of the molecule is CCN(CC(=O)NC(C)(C)C)C(=O)c1ccc(C)c(NS(C)(=O)=O)c1. The van der Waals surface area contributed by atoms with Crippen molar-refractivity contribution in [1.82, 2.24) is 10.2 Å². The average Bonchev–Trinajstić information content (AvgIpc) is 2.43. The van der Waals surface area contributed by atoms with Gasteiger partial charge < -0.3 is 10.2 Å². The van der Waals surface area contributed by atoms with Gasteiger partial charge in [0.2, 0.25) is 15.9 Å². The zero-order chi connectivity index (χ0) is 19.4. The molecule has 0 fully saturated rings. The third-order valence-corrected chi connectivity index (χ3v) is 3.89. The van der Waals surface area contributed by atoms with Gasteiger partial charge in [0.25, 0.3) is 5.91 Å². The van der Waals surface area contributed by atoms with Gasteiger partial charge in [0.05, 0.1) is 18.5 Å². The summed E-state index contributed by atoms with van der Waals surface area (Å²) in [5.41, 5.74) is 0.997. The number of carbonyl (C=O) groups excluding carboxylic acids is 2. The summed E-state index contributed by atoms with van der Waals surface area (Å²) in [4.78, 5) is 26.2. The first-order chi connectivity index (χ1) is 11.3. The zero-order valence-electron chi connectivity index (χ0n) is 15.6. The lowest BCUT2D eigenvalue weighted by Gasteiger charge is -2.25. The third-order valence-electron chi connectivity index (χ3n) is 3.30. The van der Waals surface area contributed by atoms with Crippen LogP contribution in [-0.2, 0) is 14.8 Å². The van der Waals surface area contributed by atoms with Crippen LogP contribution in [0.25, 0.3) is 0 Å². The highest BCUT2D eigenvalue weighted by atomic mass is 32.2. The van der Waals surface area contributed by atoms with Crippen LogP contribution in [0.5, 0.6) is 0 Å². The Balaban J connectivity index is 3.00. The smallest absolute Gasteiger partial charge is 0.254 e. The van der Waals surface area contributed by atoms with Crippen LogP contribution in [0.4, 0.5) is 5.69 Å². The van der Waals surface area contributed by atoms with Gasteiger partial charge in [0.15, 0.2) is 0 Å². The average molecular weight is 369 g/mol. The fourth-order valence-corrected chi connectivity index (χ4v) is 2.83. The van der Waals surface area contributed by atoms with Crippen molar-refractivity contribution in [1.29, 1.82) is 0 Å². The van der Waals surface area contributed by atoms with E-state index in [1.807, 2.05) is 20.8 Å². The lowest BCUT2D eigenvalue weighted by atomic mass is 10.1. The first-order valence-electron chi connectivity index (χ1n) is 8.01. The van der Waals surface area contributed by atoms with E-state index in [1.165, 1.54) is 11.0 Å². The number of hydrogen-bond donors (Lipinski definition) is 2. The molecule has 25 heavy (non-hydrogen) atoms. The number of sulfonamides is 1. The number of benzene rings is 1. The van der Waals surface area contributed by atoms with Gasteiger partial charge in [-0.3, -0.25) is 14.3 Å². The van der Waals surface area contributed by atoms with E-state index in [1.54, 1.807) is 26.0 Å². The maximum absolute atomic E-state index is 12.7. The highest BCUT2D eigenvalue weighted by Gasteiger charge is 2.21. The topological polar surface area (TPSA) is 95.6 Å². The fraction of sp³-hybridized carbons (Fsp3) is 0.529. The highest BCUT2D eigenvalue weighted by molar-refractivity contribution is 7.92. The molecule has 0 bridgehead atoms. The minimum Gasteiger partial charge on any atom is -0.350 e. The number of amides is 2. The Morgan fingerprint density at radius 3 is 2.28 bits per heavy atom. The number of nitrogens with zero attached hydrogens (tertiary/aromatic N) is 1. The summed E-state index contributed by atoms with van der Waals surface area (Å²) in [7, 11) is -3.45. The maximum Gasteiger partial charge on any atom is 0.254 e. The second-order valence-corrected chi connectivity index (χ2v) is 8.77. The van der Waals surface area contributed by atoms with Crippen LogP contribution >= 0.6 is 0 Å². The molecule has 0 atom stereocenters. The number of aryl methyl sites for hydroxylation is 1. The minimum absolute atomic E-state index is 0.0602. The van der Waals surface area contributed by atoms with E-state index in [-0.39, 0.29) is 23.9 Å². The lowest BCUT2D eigenvalue weighted by molar-refractivity contribution is -0.123. The summed E-state index contributed by atoms with van der Waals surface area (Å²) >= 11 is 0. The number of carbonyl (C=O) groups is 2. The molecule has 1 aromatic rings. The lowest BCUT2D eigenvalue weighted by Crippen LogP contribution is -2.47. The first kappa shape index (κ1) is 21.0. The van der Waals surface area contributed by atoms with E-state index in [9.17, 15) is 18.0 Å². The standard InChI is InChI=1S/C17H27N3O4S/c1-7-20(11-15(21)18-17(3,4)5)16(22)13-9-8-12(2)14(10-13)19-25(6,23)24/h8-10,19H,7,11H2,1-6H3,(H,18,21). The van der Waals surface area contributed by atoms with Crippen LogP contribution < -0.4 is 10.0 Å². The van der Waals surface area contributed by atoms with Crippen LogP contribution in [-0.4, -0.2) is 50.0 Å². The fourth-order valence-electron chi connectivity index (χ4n) is 2.21. The first-order valence-corrected chi connectivity index (χ1v) is 9.90. The number of rotatable bonds is 6. The number of nitrogens with one attached hydrogen (secondary N) is 2. The molecule has 0 aromatic heterocycles. The highest BCUT2D eigenvalue weighted by Crippen LogP contribution is 2.19. The molecule has 0 unspecified atom stereocenters. The summed E-state index contributed by atoms with van der Waals surface area (Å²) in [6.07, 6.45) is 1.05. The summed E-state index contributed by atoms with van der Waals surface area (Å²) in [5.74, 6) is -0.576. The van der Waals surface area contributed by atoms with Crippen molar-refractivity contribution in [3.05, 3.63) is 29.3 Å². The molecule has 0 saturated carbocycles. The Kier molecular flexibility index (Phi) is 6.59. The van der Waals surface area contributed by atoms with Crippen molar-refractivity contribution < 1.29 is 18.0 Å². The molecule has 140 valence electrons. The van der Waals surface area contributed by atoms with E-state index in [4.69, 9.17) is 0 Å². The molecular weight excluding hydrogens is 342 g/mol. The van der Waals surface area contributed by atoms with E-state index >= 15 is 0 Å². The monoisotopic (exact) mass is 369 g/mol. The Bertz CT molecular complexity index is 752. The molecule has 7 nitrogen and oxygen atoms in total. The van der Waals surface area contributed by atoms with Gasteiger partial charge in [-0.2, -0.15) is 0 Å². The van der Waals surface area contributed by atoms with E-state index in [0.717, 1.165) is 6.26 Å². The van der Waals surface area contributed by atoms with Crippen molar-refractivity contribution in [3.8, 4) is 0 Å². The summed E-state index contributed by atoms with van der Waals surface area (Å²) < 4.78 is 25.3.